The molecule has 0 bridgehead atoms. The number of nitrogens with one attached hydrogen (secondary N) is 1. The monoisotopic (exact) mass is 340 g/mol. The van der Waals surface area contributed by atoms with Gasteiger partial charge < -0.3 is 14.7 Å². The number of rotatable bonds is 3. The van der Waals surface area contributed by atoms with Crippen molar-refractivity contribution in [3.8, 4) is 0 Å². The van der Waals surface area contributed by atoms with Gasteiger partial charge in [-0.05, 0) is 49.5 Å². The van der Waals surface area contributed by atoms with E-state index in [4.69, 9.17) is 4.52 Å². The van der Waals surface area contributed by atoms with Gasteiger partial charge in [-0.2, -0.15) is 4.98 Å². The summed E-state index contributed by atoms with van der Waals surface area (Å²) in [6, 6.07) is 5.99. The summed E-state index contributed by atoms with van der Waals surface area (Å²) in [5.41, 5.74) is 5.21. The summed E-state index contributed by atoms with van der Waals surface area (Å²) in [5.74, 6) is 0.990. The average molecular weight is 340 g/mol. The number of benzene rings is 1. The lowest BCUT2D eigenvalue weighted by atomic mass is 9.93. The number of carbonyl (C=O) groups is 1. The van der Waals surface area contributed by atoms with E-state index in [9.17, 15) is 4.79 Å². The van der Waals surface area contributed by atoms with Gasteiger partial charge >= 0.3 is 6.03 Å². The molecule has 0 spiro atoms. The predicted molar refractivity (Wildman–Crippen MR) is 96.1 cm³/mol. The summed E-state index contributed by atoms with van der Waals surface area (Å²) in [7, 11) is 0. The van der Waals surface area contributed by atoms with Crippen LogP contribution in [-0.4, -0.2) is 34.2 Å². The average Bonchev–Trinajstić information content (AvgIpc) is 3.04. The van der Waals surface area contributed by atoms with Crippen molar-refractivity contribution in [2.75, 3.05) is 13.1 Å². The van der Waals surface area contributed by atoms with E-state index >= 15 is 0 Å². The van der Waals surface area contributed by atoms with Crippen LogP contribution in [0.3, 0.4) is 0 Å². The molecule has 0 saturated carbocycles. The van der Waals surface area contributed by atoms with Crippen molar-refractivity contribution in [2.45, 2.75) is 40.2 Å². The predicted octanol–water partition coefficient (Wildman–Crippen LogP) is 3.55. The highest BCUT2D eigenvalue weighted by Gasteiger charge is 2.22. The quantitative estimate of drug-likeness (QED) is 0.927. The lowest BCUT2D eigenvalue weighted by molar-refractivity contribution is 0.199. The molecule has 0 radical (unpaired) electrons. The third-order valence-corrected chi connectivity index (χ3v) is 4.72. The molecule has 0 fully saturated rings. The van der Waals surface area contributed by atoms with Gasteiger partial charge in [0.05, 0.1) is 6.04 Å². The van der Waals surface area contributed by atoms with Crippen LogP contribution in [0.5, 0.6) is 0 Å². The lowest BCUT2D eigenvalue weighted by Crippen LogP contribution is -2.43. The topological polar surface area (TPSA) is 71.3 Å². The third kappa shape index (κ3) is 3.73. The molecular weight excluding hydrogens is 316 g/mol. The maximum absolute atomic E-state index is 12.5. The Morgan fingerprint density at radius 3 is 2.76 bits per heavy atom. The van der Waals surface area contributed by atoms with Crippen LogP contribution >= 0.6 is 0 Å². The van der Waals surface area contributed by atoms with Crippen LogP contribution in [0.15, 0.2) is 28.8 Å². The van der Waals surface area contributed by atoms with Crippen molar-refractivity contribution in [2.24, 2.45) is 0 Å². The molecule has 25 heavy (non-hydrogen) atoms. The molecule has 1 N–H and O–H groups in total. The van der Waals surface area contributed by atoms with Gasteiger partial charge in [0.2, 0.25) is 5.89 Å². The van der Waals surface area contributed by atoms with E-state index in [0.29, 0.717) is 24.8 Å². The molecule has 1 atom stereocenters. The zero-order valence-corrected chi connectivity index (χ0v) is 15.2. The van der Waals surface area contributed by atoms with E-state index < -0.39 is 0 Å². The summed E-state index contributed by atoms with van der Waals surface area (Å²) in [4.78, 5) is 18.4. The van der Waals surface area contributed by atoms with Gasteiger partial charge in [0, 0.05) is 20.0 Å². The molecule has 3 rings (SSSR count). The van der Waals surface area contributed by atoms with Crippen LogP contribution < -0.4 is 5.32 Å². The Hall–Kier alpha value is -2.63. The zero-order chi connectivity index (χ0) is 18.0. The Bertz CT molecular complexity index is 810. The normalized spacial score (nSPS) is 15.7. The third-order valence-electron chi connectivity index (χ3n) is 4.72. The van der Waals surface area contributed by atoms with Gasteiger partial charge in [0.1, 0.15) is 0 Å². The molecule has 1 aromatic carbocycles. The summed E-state index contributed by atoms with van der Waals surface area (Å²) in [6.07, 6.45) is 3.00. The molecule has 6 nitrogen and oxygen atoms in total. The van der Waals surface area contributed by atoms with Crippen LogP contribution in [0.4, 0.5) is 4.79 Å². The van der Waals surface area contributed by atoms with Gasteiger partial charge in [-0.25, -0.2) is 4.79 Å². The molecule has 2 heterocycles. The van der Waals surface area contributed by atoms with Crippen molar-refractivity contribution >= 4 is 11.6 Å². The standard InChI is InChI=1S/C19H24N4O2/c1-12-6-5-7-17(13(12)2)16-8-10-23(11-9-16)19(24)20-14(3)18-21-15(4)25-22-18/h5-8,14H,9-11H2,1-4H3,(H,20,24). The van der Waals surface area contributed by atoms with Crippen molar-refractivity contribution < 1.29 is 9.32 Å². The summed E-state index contributed by atoms with van der Waals surface area (Å²) in [6.45, 7) is 9.16. The summed E-state index contributed by atoms with van der Waals surface area (Å²) in [5, 5.41) is 6.78. The Balaban J connectivity index is 1.64. The van der Waals surface area contributed by atoms with Crippen molar-refractivity contribution in [1.82, 2.24) is 20.4 Å². The Kier molecular flexibility index (Phi) is 4.88. The molecule has 1 unspecified atom stereocenters. The first-order valence-corrected chi connectivity index (χ1v) is 8.57. The smallest absolute Gasteiger partial charge is 0.318 e. The van der Waals surface area contributed by atoms with Gasteiger partial charge in [0.25, 0.3) is 0 Å². The maximum Gasteiger partial charge on any atom is 0.318 e. The van der Waals surface area contributed by atoms with Gasteiger partial charge in [0.15, 0.2) is 5.82 Å². The number of carbonyl (C=O) groups excluding carboxylic acids is 1. The highest BCUT2D eigenvalue weighted by molar-refractivity contribution is 5.77. The summed E-state index contributed by atoms with van der Waals surface area (Å²) < 4.78 is 4.96. The van der Waals surface area contributed by atoms with Gasteiger partial charge in [-0.3, -0.25) is 0 Å². The fraction of sp³-hybridized carbons (Fsp3) is 0.421. The van der Waals surface area contributed by atoms with Gasteiger partial charge in [-0.15, -0.1) is 0 Å². The molecule has 1 aromatic heterocycles. The van der Waals surface area contributed by atoms with E-state index in [0.717, 1.165) is 6.42 Å². The molecule has 2 aromatic rings. The molecule has 1 aliphatic rings. The molecule has 0 aliphatic carbocycles. The van der Waals surface area contributed by atoms with Crippen LogP contribution in [0, 0.1) is 20.8 Å². The first-order valence-electron chi connectivity index (χ1n) is 8.57. The SMILES string of the molecule is Cc1nc(C(C)NC(=O)N2CC=C(c3cccc(C)c3C)CC2)no1. The minimum Gasteiger partial charge on any atom is -0.340 e. The van der Waals surface area contributed by atoms with E-state index in [1.54, 1.807) is 11.8 Å². The molecule has 6 heteroatoms. The number of aryl methyl sites for hydroxylation is 2. The zero-order valence-electron chi connectivity index (χ0n) is 15.2. The number of hydrogen-bond donors (Lipinski definition) is 1. The molecule has 132 valence electrons. The van der Waals surface area contributed by atoms with Crippen LogP contribution in [0.1, 0.15) is 47.8 Å². The van der Waals surface area contributed by atoms with Crippen LogP contribution in [-0.2, 0) is 0 Å². The fourth-order valence-electron chi connectivity index (χ4n) is 3.03. The minimum atomic E-state index is -0.283. The second-order valence-corrected chi connectivity index (χ2v) is 6.52. The van der Waals surface area contributed by atoms with Crippen LogP contribution in [0.2, 0.25) is 0 Å². The van der Waals surface area contributed by atoms with Crippen molar-refractivity contribution in [1.29, 1.82) is 0 Å². The number of amides is 2. The molecule has 1 aliphatic heterocycles. The number of nitrogens with zero attached hydrogens (tertiary/aromatic N) is 3. The highest BCUT2D eigenvalue weighted by atomic mass is 16.5. The highest BCUT2D eigenvalue weighted by Crippen LogP contribution is 2.26. The minimum absolute atomic E-state index is 0.105. The number of urea groups is 1. The van der Waals surface area contributed by atoms with E-state index in [1.165, 1.54) is 22.3 Å². The van der Waals surface area contributed by atoms with Crippen molar-refractivity contribution in [3.63, 3.8) is 0 Å². The first kappa shape index (κ1) is 17.2. The fourth-order valence-corrected chi connectivity index (χ4v) is 3.03. The summed E-state index contributed by atoms with van der Waals surface area (Å²) >= 11 is 0. The Morgan fingerprint density at radius 1 is 1.32 bits per heavy atom. The number of hydrogen-bond acceptors (Lipinski definition) is 4. The Labute approximate surface area is 147 Å². The molecule has 0 saturated heterocycles. The van der Waals surface area contributed by atoms with Crippen LogP contribution in [0.25, 0.3) is 5.57 Å². The first-order chi connectivity index (χ1) is 12.0. The second kappa shape index (κ2) is 7.09. The maximum atomic E-state index is 12.5. The largest absolute Gasteiger partial charge is 0.340 e. The van der Waals surface area contributed by atoms with E-state index in [-0.39, 0.29) is 12.1 Å². The Morgan fingerprint density at radius 2 is 2.12 bits per heavy atom. The van der Waals surface area contributed by atoms with Crippen molar-refractivity contribution in [3.05, 3.63) is 52.7 Å². The second-order valence-electron chi connectivity index (χ2n) is 6.52. The van der Waals surface area contributed by atoms with E-state index in [2.05, 4.69) is 53.6 Å². The molecular formula is C19H24N4O2. The molecule has 2 amide bonds. The van der Waals surface area contributed by atoms with E-state index in [1.807, 2.05) is 6.92 Å². The lowest BCUT2D eigenvalue weighted by Gasteiger charge is -2.28. The number of aromatic nitrogens is 2. The van der Waals surface area contributed by atoms with Gasteiger partial charge in [-0.1, -0.05) is 29.4 Å².